The highest BCUT2D eigenvalue weighted by molar-refractivity contribution is 6.13. The van der Waals surface area contributed by atoms with Gasteiger partial charge in [-0.3, -0.25) is 33.7 Å². The van der Waals surface area contributed by atoms with Gasteiger partial charge in [-0.05, 0) is 17.7 Å². The van der Waals surface area contributed by atoms with Crippen LogP contribution in [0.2, 0.25) is 0 Å². The van der Waals surface area contributed by atoms with Gasteiger partial charge in [-0.25, -0.2) is 4.79 Å². The Labute approximate surface area is 323 Å². The molecule has 56 heavy (non-hydrogen) atoms. The number of aliphatic carboxylic acids is 1. The van der Waals surface area contributed by atoms with E-state index >= 15 is 0 Å². The number of benzene rings is 1. The van der Waals surface area contributed by atoms with Crippen molar-refractivity contribution in [2.45, 2.75) is 64.1 Å². The molecule has 1 fully saturated rings. The van der Waals surface area contributed by atoms with Crippen LogP contribution < -0.4 is 20.7 Å². The van der Waals surface area contributed by atoms with E-state index in [2.05, 4.69) is 16.0 Å². The second-order valence-electron chi connectivity index (χ2n) is 12.4. The maximum atomic E-state index is 12.8. The van der Waals surface area contributed by atoms with Crippen LogP contribution in [0.25, 0.3) is 0 Å². The van der Waals surface area contributed by atoms with E-state index in [1.807, 2.05) is 0 Å². The first-order valence-corrected chi connectivity index (χ1v) is 18.1. The smallest absolute Gasteiger partial charge is 0.333 e. The van der Waals surface area contributed by atoms with Gasteiger partial charge in [0, 0.05) is 70.8 Å². The topological polar surface area (TPSA) is 264 Å². The van der Waals surface area contributed by atoms with Crippen LogP contribution in [0.3, 0.4) is 0 Å². The minimum atomic E-state index is -1.26. The molecule has 0 saturated carbocycles. The average Bonchev–Trinajstić information content (AvgIpc) is 3.47. The first-order chi connectivity index (χ1) is 26.9. The summed E-state index contributed by atoms with van der Waals surface area (Å²) in [6.45, 7) is 3.79. The van der Waals surface area contributed by atoms with Crippen LogP contribution in [0.5, 0.6) is 5.75 Å². The van der Waals surface area contributed by atoms with Gasteiger partial charge in [-0.15, -0.1) is 0 Å². The number of carbonyl (C=O) groups is 7. The second-order valence-corrected chi connectivity index (χ2v) is 12.4. The lowest BCUT2D eigenvalue weighted by Crippen LogP contribution is -2.42. The van der Waals surface area contributed by atoms with Gasteiger partial charge in [-0.1, -0.05) is 6.07 Å². The zero-order chi connectivity index (χ0) is 40.7. The monoisotopic (exact) mass is 794 g/mol. The van der Waals surface area contributed by atoms with E-state index in [9.17, 15) is 43.8 Å². The molecular formula is C36H50N4O16. The number of amides is 5. The van der Waals surface area contributed by atoms with Crippen molar-refractivity contribution in [1.29, 1.82) is 0 Å². The highest BCUT2D eigenvalue weighted by atomic mass is 16.7. The SMILES string of the molecule is CC(=O)OCc1ccc(O[C@H]2C[C@@H](O)C[C@@H](C(=O)O)O2)c(NC(=O)CCNC(=O)CCOCCOCCOCCOCCNC(=O)CCN2C(=O)C=CC2=O)c1. The Morgan fingerprint density at radius 3 is 2.04 bits per heavy atom. The Balaban J connectivity index is 1.19. The number of hydrogen-bond donors (Lipinski definition) is 5. The molecule has 3 atom stereocenters. The lowest BCUT2D eigenvalue weighted by molar-refractivity contribution is -0.195. The third-order valence-corrected chi connectivity index (χ3v) is 7.86. The van der Waals surface area contributed by atoms with E-state index in [4.69, 9.17) is 33.2 Å². The van der Waals surface area contributed by atoms with Crippen LogP contribution in [0.15, 0.2) is 30.4 Å². The molecule has 2 aliphatic rings. The Morgan fingerprint density at radius 2 is 1.39 bits per heavy atom. The number of carboxylic acid groups (broad SMARTS) is 1. The molecule has 1 aromatic rings. The molecule has 0 radical (unpaired) electrons. The van der Waals surface area contributed by atoms with Gasteiger partial charge in [0.05, 0.1) is 64.6 Å². The first kappa shape index (κ1) is 45.4. The van der Waals surface area contributed by atoms with E-state index in [1.54, 1.807) is 6.07 Å². The van der Waals surface area contributed by atoms with Crippen molar-refractivity contribution < 1.29 is 76.9 Å². The predicted molar refractivity (Wildman–Crippen MR) is 192 cm³/mol. The van der Waals surface area contributed by atoms with Gasteiger partial charge >= 0.3 is 11.9 Å². The molecule has 1 aromatic carbocycles. The summed E-state index contributed by atoms with van der Waals surface area (Å²) >= 11 is 0. The number of anilines is 1. The lowest BCUT2D eigenvalue weighted by Gasteiger charge is -2.31. The van der Waals surface area contributed by atoms with Crippen LogP contribution >= 0.6 is 0 Å². The third-order valence-electron chi connectivity index (χ3n) is 7.86. The quantitative estimate of drug-likeness (QED) is 0.0423. The number of imide groups is 1. The van der Waals surface area contributed by atoms with E-state index in [0.29, 0.717) is 38.6 Å². The van der Waals surface area contributed by atoms with Crippen LogP contribution in [-0.2, 0) is 68.6 Å². The van der Waals surface area contributed by atoms with Gasteiger partial charge in [0.2, 0.25) is 24.0 Å². The molecule has 0 unspecified atom stereocenters. The number of nitrogens with zero attached hydrogens (tertiary/aromatic N) is 1. The molecule has 0 aliphatic carbocycles. The summed E-state index contributed by atoms with van der Waals surface area (Å²) in [4.78, 5) is 83.4. The number of nitrogens with one attached hydrogen (secondary N) is 3. The minimum absolute atomic E-state index is 0.00672. The van der Waals surface area contributed by atoms with Crippen molar-refractivity contribution in [2.24, 2.45) is 0 Å². The Hall–Kier alpha value is -4.99. The number of carbonyl (C=O) groups excluding carboxylic acids is 6. The van der Waals surface area contributed by atoms with Crippen molar-refractivity contribution in [3.05, 3.63) is 35.9 Å². The molecular weight excluding hydrogens is 744 g/mol. The highest BCUT2D eigenvalue weighted by Crippen LogP contribution is 2.31. The van der Waals surface area contributed by atoms with E-state index in [1.165, 1.54) is 31.2 Å². The predicted octanol–water partition coefficient (Wildman–Crippen LogP) is -0.588. The Morgan fingerprint density at radius 1 is 0.786 bits per heavy atom. The third kappa shape index (κ3) is 18.1. The molecule has 0 aromatic heterocycles. The zero-order valence-corrected chi connectivity index (χ0v) is 31.2. The number of ether oxygens (including phenoxy) is 7. The van der Waals surface area contributed by atoms with Crippen molar-refractivity contribution in [1.82, 2.24) is 15.5 Å². The Kier molecular flexibility index (Phi) is 20.4. The molecule has 2 heterocycles. The van der Waals surface area contributed by atoms with Crippen LogP contribution in [-0.4, -0.2) is 148 Å². The Bertz CT molecular complexity index is 1500. The lowest BCUT2D eigenvalue weighted by atomic mass is 10.1. The largest absolute Gasteiger partial charge is 0.479 e. The molecule has 0 spiro atoms. The number of aliphatic hydroxyl groups excluding tert-OH is 1. The summed E-state index contributed by atoms with van der Waals surface area (Å²) in [5.74, 6) is -3.54. The van der Waals surface area contributed by atoms with Crippen molar-refractivity contribution in [3.63, 3.8) is 0 Å². The number of hydrogen-bond acceptors (Lipinski definition) is 15. The zero-order valence-electron chi connectivity index (χ0n) is 31.2. The summed E-state index contributed by atoms with van der Waals surface area (Å²) in [6.07, 6.45) is -1.09. The molecule has 5 amide bonds. The second kappa shape index (κ2) is 25.2. The molecule has 3 rings (SSSR count). The average molecular weight is 795 g/mol. The van der Waals surface area contributed by atoms with Crippen LogP contribution in [0.4, 0.5) is 5.69 Å². The molecule has 2 aliphatic heterocycles. The minimum Gasteiger partial charge on any atom is -0.479 e. The summed E-state index contributed by atoms with van der Waals surface area (Å²) in [5, 5.41) is 27.4. The molecule has 1 saturated heterocycles. The van der Waals surface area contributed by atoms with Gasteiger partial charge in [0.15, 0.2) is 6.10 Å². The summed E-state index contributed by atoms with van der Waals surface area (Å²) in [5.41, 5.74) is 0.728. The molecule has 20 heteroatoms. The number of rotatable bonds is 27. The normalized spacial score (nSPS) is 17.8. The van der Waals surface area contributed by atoms with E-state index in [0.717, 1.165) is 4.90 Å². The fraction of sp³-hybridized carbons (Fsp3) is 0.583. The maximum absolute atomic E-state index is 12.8. The number of carboxylic acids is 1. The van der Waals surface area contributed by atoms with Gasteiger partial charge in [0.1, 0.15) is 12.4 Å². The number of esters is 1. The fourth-order valence-corrected chi connectivity index (χ4v) is 5.05. The van der Waals surface area contributed by atoms with Crippen molar-refractivity contribution >= 4 is 47.2 Å². The fourth-order valence-electron chi connectivity index (χ4n) is 5.05. The van der Waals surface area contributed by atoms with E-state index in [-0.39, 0.29) is 101 Å². The molecule has 0 bridgehead atoms. The standard InChI is InChI=1S/C36H50N4O16/c1-24(41)54-23-25-2-3-28(55-35-22-26(42)21-29(56-35)36(48)49)27(20-25)39-32(45)6-9-37-31(44)8-12-50-14-16-52-18-19-53-17-15-51-13-10-38-30(43)7-11-40-33(46)4-5-34(40)47/h2-5,20,26,29,35,42H,6-19,21-23H2,1H3,(H,37,44)(H,38,43)(H,39,45)(H,48,49)/t26-,29-,35+/m0/s1. The van der Waals surface area contributed by atoms with Crippen LogP contribution in [0.1, 0.15) is 44.6 Å². The number of aliphatic hydroxyl groups is 1. The summed E-state index contributed by atoms with van der Waals surface area (Å²) < 4.78 is 37.9. The molecule has 5 N–H and O–H groups in total. The highest BCUT2D eigenvalue weighted by Gasteiger charge is 2.34. The van der Waals surface area contributed by atoms with Crippen molar-refractivity contribution in [2.75, 3.05) is 77.8 Å². The summed E-state index contributed by atoms with van der Waals surface area (Å²) in [7, 11) is 0. The summed E-state index contributed by atoms with van der Waals surface area (Å²) in [6, 6.07) is 4.61. The molecule has 310 valence electrons. The molecule has 20 nitrogen and oxygen atoms in total. The maximum Gasteiger partial charge on any atom is 0.333 e. The van der Waals surface area contributed by atoms with Gasteiger partial charge in [0.25, 0.3) is 11.8 Å². The van der Waals surface area contributed by atoms with E-state index < -0.39 is 48.2 Å². The van der Waals surface area contributed by atoms with Crippen molar-refractivity contribution in [3.8, 4) is 5.75 Å². The first-order valence-electron chi connectivity index (χ1n) is 18.1. The van der Waals surface area contributed by atoms with Gasteiger partial charge < -0.3 is 59.3 Å². The van der Waals surface area contributed by atoms with Gasteiger partial charge in [-0.2, -0.15) is 0 Å². The van der Waals surface area contributed by atoms with Crippen LogP contribution in [0, 0.1) is 0 Å².